The van der Waals surface area contributed by atoms with Crippen molar-refractivity contribution < 1.29 is 28.6 Å². The second-order valence-electron chi connectivity index (χ2n) is 8.42. The molecule has 1 heterocycles. The number of imide groups is 1. The normalized spacial score (nSPS) is 13.2. The molecule has 0 radical (unpaired) electrons. The van der Waals surface area contributed by atoms with Crippen molar-refractivity contribution in [3.63, 3.8) is 0 Å². The largest absolute Gasteiger partial charge is 0.497 e. The van der Waals surface area contributed by atoms with Gasteiger partial charge in [0.15, 0.2) is 0 Å². The molecule has 1 aliphatic rings. The number of benzene rings is 3. The van der Waals surface area contributed by atoms with E-state index in [2.05, 4.69) is 5.32 Å². The number of nitrogens with zero attached hydrogens (tertiary/aromatic N) is 1. The van der Waals surface area contributed by atoms with Gasteiger partial charge >= 0.3 is 5.97 Å². The maximum atomic E-state index is 13.2. The van der Waals surface area contributed by atoms with Crippen molar-refractivity contribution >= 4 is 40.8 Å². The summed E-state index contributed by atoms with van der Waals surface area (Å²) < 4.78 is 16.2. The number of carbonyl (C=O) groups excluding carboxylic acids is 3. The molecule has 1 aliphatic heterocycles. The van der Waals surface area contributed by atoms with Gasteiger partial charge in [-0.25, -0.2) is 9.69 Å². The van der Waals surface area contributed by atoms with Gasteiger partial charge in [0.05, 0.1) is 25.5 Å². The smallest absolute Gasteiger partial charge is 0.343 e. The second kappa shape index (κ2) is 10.4. The molecule has 0 saturated carbocycles. The summed E-state index contributed by atoms with van der Waals surface area (Å²) in [6.07, 6.45) is 0. The predicted molar refractivity (Wildman–Crippen MR) is 141 cm³/mol. The van der Waals surface area contributed by atoms with Gasteiger partial charge in [-0.15, -0.1) is 0 Å². The van der Waals surface area contributed by atoms with Gasteiger partial charge < -0.3 is 19.5 Å². The average molecular weight is 521 g/mol. The molecule has 0 fully saturated rings. The molecule has 0 atom stereocenters. The first-order valence-corrected chi connectivity index (χ1v) is 11.7. The number of methoxy groups -OCH3 is 2. The monoisotopic (exact) mass is 520 g/mol. The van der Waals surface area contributed by atoms with Gasteiger partial charge in [-0.05, 0) is 73.9 Å². The summed E-state index contributed by atoms with van der Waals surface area (Å²) in [5, 5.41) is 2.62. The summed E-state index contributed by atoms with van der Waals surface area (Å²) in [7, 11) is 2.92. The Labute approximate surface area is 219 Å². The molecule has 1 N–H and O–H groups in total. The third-order valence-electron chi connectivity index (χ3n) is 6.11. The van der Waals surface area contributed by atoms with Gasteiger partial charge in [-0.3, -0.25) is 9.59 Å². The van der Waals surface area contributed by atoms with E-state index in [4.69, 9.17) is 25.8 Å². The van der Waals surface area contributed by atoms with Crippen molar-refractivity contribution in [2.24, 2.45) is 0 Å². The van der Waals surface area contributed by atoms with Crippen molar-refractivity contribution in [3.8, 4) is 17.2 Å². The predicted octanol–water partition coefficient (Wildman–Crippen LogP) is 5.28. The maximum absolute atomic E-state index is 13.2. The molecular formula is C28H25ClN2O6. The topological polar surface area (TPSA) is 94.2 Å². The van der Waals surface area contributed by atoms with Gasteiger partial charge in [0.25, 0.3) is 11.8 Å². The minimum absolute atomic E-state index is 0.0918. The molecule has 4 rings (SSSR count). The molecule has 0 aliphatic carbocycles. The lowest BCUT2D eigenvalue weighted by Crippen LogP contribution is -2.32. The first-order valence-electron chi connectivity index (χ1n) is 11.3. The molecule has 0 spiro atoms. The van der Waals surface area contributed by atoms with Crippen molar-refractivity contribution in [2.45, 2.75) is 20.8 Å². The van der Waals surface area contributed by atoms with E-state index in [0.717, 1.165) is 21.6 Å². The van der Waals surface area contributed by atoms with Crippen LogP contribution in [0.2, 0.25) is 0 Å². The Morgan fingerprint density at radius 3 is 2.19 bits per heavy atom. The van der Waals surface area contributed by atoms with Crippen LogP contribution in [0.25, 0.3) is 0 Å². The van der Waals surface area contributed by atoms with E-state index in [-0.39, 0.29) is 22.2 Å². The zero-order chi connectivity index (χ0) is 26.9. The molecule has 9 heteroatoms. The highest BCUT2D eigenvalue weighted by molar-refractivity contribution is 6.53. The second-order valence-corrected chi connectivity index (χ2v) is 8.80. The molecular weight excluding hydrogens is 496 g/mol. The Hall–Kier alpha value is -4.30. The summed E-state index contributed by atoms with van der Waals surface area (Å²) in [5.41, 5.74) is 3.70. The fraction of sp³-hybridized carbons (Fsp3) is 0.179. The third kappa shape index (κ3) is 4.88. The number of anilines is 2. The zero-order valence-electron chi connectivity index (χ0n) is 21.0. The summed E-state index contributed by atoms with van der Waals surface area (Å²) in [5.74, 6) is -0.537. The van der Waals surface area contributed by atoms with Crippen molar-refractivity contribution in [1.82, 2.24) is 0 Å². The molecule has 2 amide bonds. The van der Waals surface area contributed by atoms with Crippen LogP contribution in [0.1, 0.15) is 27.0 Å². The Morgan fingerprint density at radius 1 is 0.865 bits per heavy atom. The molecule has 190 valence electrons. The minimum Gasteiger partial charge on any atom is -0.497 e. The van der Waals surface area contributed by atoms with Gasteiger partial charge in [0.2, 0.25) is 0 Å². The Kier molecular flexibility index (Phi) is 7.22. The number of halogens is 1. The Morgan fingerprint density at radius 2 is 1.54 bits per heavy atom. The lowest BCUT2D eigenvalue weighted by molar-refractivity contribution is -0.120. The molecule has 0 aromatic heterocycles. The van der Waals surface area contributed by atoms with Gasteiger partial charge in [-0.2, -0.15) is 0 Å². The molecule has 8 nitrogen and oxygen atoms in total. The van der Waals surface area contributed by atoms with E-state index in [1.165, 1.54) is 14.2 Å². The average Bonchev–Trinajstić information content (AvgIpc) is 3.11. The Bertz CT molecular complexity index is 1450. The molecule has 37 heavy (non-hydrogen) atoms. The van der Waals surface area contributed by atoms with E-state index >= 15 is 0 Å². The lowest BCUT2D eigenvalue weighted by atomic mass is 10.1. The van der Waals surface area contributed by atoms with E-state index < -0.39 is 17.8 Å². The van der Waals surface area contributed by atoms with Crippen LogP contribution in [0.5, 0.6) is 17.2 Å². The van der Waals surface area contributed by atoms with E-state index in [0.29, 0.717) is 22.7 Å². The fourth-order valence-corrected chi connectivity index (χ4v) is 4.08. The van der Waals surface area contributed by atoms with E-state index in [1.54, 1.807) is 42.5 Å². The highest BCUT2D eigenvalue weighted by Crippen LogP contribution is 2.37. The highest BCUT2D eigenvalue weighted by atomic mass is 35.5. The zero-order valence-corrected chi connectivity index (χ0v) is 21.7. The number of carbonyl (C=O) groups is 3. The molecule has 3 aromatic carbocycles. The number of hydrogen-bond acceptors (Lipinski definition) is 7. The lowest BCUT2D eigenvalue weighted by Gasteiger charge is -2.18. The number of rotatable bonds is 7. The number of aryl methyl sites for hydroxylation is 2. The minimum atomic E-state index is -0.693. The maximum Gasteiger partial charge on any atom is 0.343 e. The number of hydrogen-bond donors (Lipinski definition) is 1. The molecule has 3 aromatic rings. The van der Waals surface area contributed by atoms with Crippen LogP contribution < -0.4 is 24.4 Å². The number of ether oxygens (including phenoxy) is 3. The first kappa shape index (κ1) is 25.8. The highest BCUT2D eigenvalue weighted by Gasteiger charge is 2.40. The van der Waals surface area contributed by atoms with Crippen LogP contribution in [0.15, 0.2) is 65.3 Å². The van der Waals surface area contributed by atoms with Gasteiger partial charge in [0.1, 0.15) is 28.0 Å². The molecule has 0 saturated heterocycles. The van der Waals surface area contributed by atoms with Crippen LogP contribution in [0, 0.1) is 20.8 Å². The summed E-state index contributed by atoms with van der Waals surface area (Å²) in [6, 6.07) is 14.9. The quantitative estimate of drug-likeness (QED) is 0.257. The molecule has 0 bridgehead atoms. The standard InChI is InChI=1S/C28H25ClN2O6/c1-15-6-7-16(2)25(17(15)3)37-28(34)18-8-10-19(11-9-18)30-24-23(29)26(32)31(27(24)33)21-13-12-20(35-4)14-22(21)36-5/h6-14,30H,1-5H3. The first-order chi connectivity index (χ1) is 17.7. The molecule has 0 unspecified atom stereocenters. The fourth-order valence-electron chi connectivity index (χ4n) is 3.87. The number of amides is 2. The van der Waals surface area contributed by atoms with Crippen molar-refractivity contribution in [1.29, 1.82) is 0 Å². The van der Waals surface area contributed by atoms with E-state index in [1.807, 2.05) is 32.9 Å². The van der Waals surface area contributed by atoms with E-state index in [9.17, 15) is 14.4 Å². The summed E-state index contributed by atoms with van der Waals surface area (Å²) >= 11 is 6.25. The number of esters is 1. The SMILES string of the molecule is COc1ccc(N2C(=O)C(Cl)=C(Nc3ccc(C(=O)Oc4c(C)ccc(C)c4C)cc3)C2=O)c(OC)c1. The van der Waals surface area contributed by atoms with Crippen molar-refractivity contribution in [2.75, 3.05) is 24.4 Å². The van der Waals surface area contributed by atoms with Crippen molar-refractivity contribution in [3.05, 3.63) is 87.6 Å². The van der Waals surface area contributed by atoms with Crippen LogP contribution >= 0.6 is 11.6 Å². The van der Waals surface area contributed by atoms with Gasteiger partial charge in [-0.1, -0.05) is 23.7 Å². The summed E-state index contributed by atoms with van der Waals surface area (Å²) in [4.78, 5) is 39.7. The van der Waals surface area contributed by atoms with Crippen LogP contribution in [0.3, 0.4) is 0 Å². The van der Waals surface area contributed by atoms with Crippen LogP contribution in [-0.4, -0.2) is 32.0 Å². The summed E-state index contributed by atoms with van der Waals surface area (Å²) in [6.45, 7) is 5.73. The van der Waals surface area contributed by atoms with Crippen LogP contribution in [-0.2, 0) is 9.59 Å². The Balaban J connectivity index is 1.52. The van der Waals surface area contributed by atoms with Gasteiger partial charge in [0, 0.05) is 11.8 Å². The van der Waals surface area contributed by atoms with Crippen LogP contribution in [0.4, 0.5) is 11.4 Å². The number of nitrogens with one attached hydrogen (secondary N) is 1. The third-order valence-corrected chi connectivity index (χ3v) is 6.46.